The second-order valence-electron chi connectivity index (χ2n) is 4.94. The van der Waals surface area contributed by atoms with Gasteiger partial charge < -0.3 is 10.0 Å². The van der Waals surface area contributed by atoms with E-state index < -0.39 is 6.10 Å². The first-order valence-electron chi connectivity index (χ1n) is 6.08. The minimum Gasteiger partial charge on any atom is -0.391 e. The maximum absolute atomic E-state index is 11.2. The number of hydrogen-bond acceptors (Lipinski definition) is 5. The maximum Gasteiger partial charge on any atom is 0.333 e. The van der Waals surface area contributed by atoms with Gasteiger partial charge in [-0.05, 0) is 27.2 Å². The number of hydrogen-bond donors (Lipinski definition) is 1. The van der Waals surface area contributed by atoms with Crippen molar-refractivity contribution in [1.82, 2.24) is 9.78 Å². The van der Waals surface area contributed by atoms with Crippen molar-refractivity contribution in [3.63, 3.8) is 0 Å². The first-order valence-corrected chi connectivity index (χ1v) is 6.08. The molecule has 1 aromatic rings. The minimum atomic E-state index is -0.416. The molecule has 0 radical (unpaired) electrons. The van der Waals surface area contributed by atoms with Crippen LogP contribution in [0.15, 0.2) is 0 Å². The number of aryl methyl sites for hydroxylation is 1. The highest BCUT2D eigenvalue weighted by molar-refractivity contribution is 5.62. The molecular formula is C11H18N4O3. The fourth-order valence-corrected chi connectivity index (χ4v) is 2.33. The van der Waals surface area contributed by atoms with E-state index in [-0.39, 0.29) is 16.7 Å². The summed E-state index contributed by atoms with van der Waals surface area (Å²) in [6.45, 7) is 6.57. The van der Waals surface area contributed by atoms with Gasteiger partial charge in [0.1, 0.15) is 5.69 Å². The van der Waals surface area contributed by atoms with Gasteiger partial charge in [0.05, 0.1) is 11.0 Å². The van der Waals surface area contributed by atoms with Crippen molar-refractivity contribution in [2.45, 2.75) is 39.3 Å². The van der Waals surface area contributed by atoms with Crippen LogP contribution in [0.3, 0.4) is 0 Å². The van der Waals surface area contributed by atoms with E-state index in [0.29, 0.717) is 31.0 Å². The van der Waals surface area contributed by atoms with Crippen LogP contribution in [0.25, 0.3) is 0 Å². The minimum absolute atomic E-state index is 0.0464. The van der Waals surface area contributed by atoms with Gasteiger partial charge in [-0.25, -0.2) is 4.68 Å². The molecule has 0 spiro atoms. The fourth-order valence-electron chi connectivity index (χ4n) is 2.33. The summed E-state index contributed by atoms with van der Waals surface area (Å²) in [6, 6.07) is 0.0464. The van der Waals surface area contributed by atoms with Gasteiger partial charge in [-0.1, -0.05) is 0 Å². The lowest BCUT2D eigenvalue weighted by atomic mass is 10.3. The summed E-state index contributed by atoms with van der Waals surface area (Å²) in [6.07, 6.45) is 0.222. The monoisotopic (exact) mass is 254 g/mol. The molecule has 2 rings (SSSR count). The highest BCUT2D eigenvalue weighted by Gasteiger charge is 2.33. The molecule has 0 amide bonds. The molecule has 0 bridgehead atoms. The summed E-state index contributed by atoms with van der Waals surface area (Å²) >= 11 is 0. The average Bonchev–Trinajstić information content (AvgIpc) is 2.81. The predicted octanol–water partition coefficient (Wildman–Crippen LogP) is 1.25. The smallest absolute Gasteiger partial charge is 0.333 e. The summed E-state index contributed by atoms with van der Waals surface area (Å²) in [5.74, 6) is 0.518. The van der Waals surface area contributed by atoms with Crippen LogP contribution in [0.2, 0.25) is 0 Å². The zero-order valence-corrected chi connectivity index (χ0v) is 10.8. The zero-order valence-electron chi connectivity index (χ0n) is 10.8. The normalized spacial score (nSPS) is 19.8. The summed E-state index contributed by atoms with van der Waals surface area (Å²) in [5.41, 5.74) is 0.475. The van der Waals surface area contributed by atoms with Crippen LogP contribution >= 0.6 is 0 Å². The van der Waals surface area contributed by atoms with Gasteiger partial charge in [0, 0.05) is 19.1 Å². The van der Waals surface area contributed by atoms with Gasteiger partial charge in [0.25, 0.3) is 0 Å². The average molecular weight is 254 g/mol. The summed E-state index contributed by atoms with van der Waals surface area (Å²) in [7, 11) is 0. The number of nitro groups is 1. The molecule has 0 saturated carbocycles. The molecule has 1 N–H and O–H groups in total. The van der Waals surface area contributed by atoms with Crippen molar-refractivity contribution in [3.05, 3.63) is 15.8 Å². The highest BCUT2D eigenvalue weighted by atomic mass is 16.6. The van der Waals surface area contributed by atoms with Crippen molar-refractivity contribution in [2.24, 2.45) is 0 Å². The van der Waals surface area contributed by atoms with Crippen LogP contribution in [0.1, 0.15) is 32.0 Å². The molecule has 100 valence electrons. The number of aliphatic hydroxyl groups excluding tert-OH is 1. The number of rotatable bonds is 3. The molecule has 1 aliphatic heterocycles. The van der Waals surface area contributed by atoms with Crippen LogP contribution in [-0.2, 0) is 0 Å². The Labute approximate surface area is 105 Å². The third kappa shape index (κ3) is 2.05. The third-order valence-corrected chi connectivity index (χ3v) is 3.16. The Morgan fingerprint density at radius 2 is 2.22 bits per heavy atom. The Morgan fingerprint density at radius 1 is 1.56 bits per heavy atom. The topological polar surface area (TPSA) is 84.4 Å². The standard InChI is InChI=1S/C11H18N4O3/c1-7(2)14-11(13-5-4-9(16)6-13)10(15(17)18)8(3)12-14/h7,9,16H,4-6H2,1-3H3/t9-/m1/s1. The summed E-state index contributed by atoms with van der Waals surface area (Å²) < 4.78 is 1.67. The lowest BCUT2D eigenvalue weighted by Crippen LogP contribution is -2.25. The molecule has 18 heavy (non-hydrogen) atoms. The van der Waals surface area contributed by atoms with Gasteiger partial charge in [-0.15, -0.1) is 0 Å². The van der Waals surface area contributed by atoms with E-state index in [1.54, 1.807) is 11.6 Å². The van der Waals surface area contributed by atoms with Gasteiger partial charge >= 0.3 is 5.69 Å². The van der Waals surface area contributed by atoms with E-state index in [0.717, 1.165) is 0 Å². The molecule has 0 aliphatic carbocycles. The van der Waals surface area contributed by atoms with Gasteiger partial charge in [0.2, 0.25) is 5.82 Å². The Bertz CT molecular complexity index is 469. The van der Waals surface area contributed by atoms with Crippen LogP contribution in [0.4, 0.5) is 11.5 Å². The first kappa shape index (κ1) is 12.8. The zero-order chi connectivity index (χ0) is 13.4. The van der Waals surface area contributed by atoms with Crippen molar-refractivity contribution in [3.8, 4) is 0 Å². The summed E-state index contributed by atoms with van der Waals surface area (Å²) in [4.78, 5) is 12.6. The van der Waals surface area contributed by atoms with E-state index >= 15 is 0 Å². The number of anilines is 1. The van der Waals surface area contributed by atoms with E-state index in [1.165, 1.54) is 0 Å². The van der Waals surface area contributed by atoms with Crippen LogP contribution in [0, 0.1) is 17.0 Å². The van der Waals surface area contributed by atoms with E-state index in [4.69, 9.17) is 0 Å². The van der Waals surface area contributed by atoms with Gasteiger partial charge in [-0.3, -0.25) is 10.1 Å². The quantitative estimate of drug-likeness (QED) is 0.648. The molecule has 7 heteroatoms. The molecule has 1 atom stereocenters. The van der Waals surface area contributed by atoms with Crippen LogP contribution in [-0.4, -0.2) is 39.0 Å². The highest BCUT2D eigenvalue weighted by Crippen LogP contribution is 2.35. The SMILES string of the molecule is Cc1nn(C(C)C)c(N2CC[C@@H](O)C2)c1[N+](=O)[O-]. The van der Waals surface area contributed by atoms with Crippen molar-refractivity contribution in [2.75, 3.05) is 18.0 Å². The molecule has 2 heterocycles. The molecule has 7 nitrogen and oxygen atoms in total. The second-order valence-corrected chi connectivity index (χ2v) is 4.94. The Morgan fingerprint density at radius 3 is 2.67 bits per heavy atom. The molecule has 0 unspecified atom stereocenters. The number of β-amino-alcohol motifs (C(OH)–C–C–N with tert-alkyl or cyclic N) is 1. The van der Waals surface area contributed by atoms with Crippen molar-refractivity contribution >= 4 is 11.5 Å². The second kappa shape index (κ2) is 4.56. The van der Waals surface area contributed by atoms with Crippen molar-refractivity contribution < 1.29 is 10.0 Å². The van der Waals surface area contributed by atoms with E-state index in [1.807, 2.05) is 18.7 Å². The van der Waals surface area contributed by atoms with Crippen LogP contribution in [0.5, 0.6) is 0 Å². The largest absolute Gasteiger partial charge is 0.391 e. The molecule has 1 aliphatic rings. The molecule has 1 saturated heterocycles. The van der Waals surface area contributed by atoms with Crippen LogP contribution < -0.4 is 4.90 Å². The number of aromatic nitrogens is 2. The molecule has 1 fully saturated rings. The number of aliphatic hydroxyl groups is 1. The molecular weight excluding hydrogens is 236 g/mol. The van der Waals surface area contributed by atoms with E-state index in [2.05, 4.69) is 5.10 Å². The fraction of sp³-hybridized carbons (Fsp3) is 0.727. The van der Waals surface area contributed by atoms with Gasteiger partial charge in [0.15, 0.2) is 0 Å². The summed E-state index contributed by atoms with van der Waals surface area (Å²) in [5, 5.41) is 25.0. The number of nitrogens with zero attached hydrogens (tertiary/aromatic N) is 4. The Hall–Kier alpha value is -1.63. The Balaban J connectivity index is 2.51. The van der Waals surface area contributed by atoms with Crippen molar-refractivity contribution in [1.29, 1.82) is 0 Å². The molecule has 1 aromatic heterocycles. The predicted molar refractivity (Wildman–Crippen MR) is 66.8 cm³/mol. The van der Waals surface area contributed by atoms with E-state index in [9.17, 15) is 15.2 Å². The third-order valence-electron chi connectivity index (χ3n) is 3.16. The van der Waals surface area contributed by atoms with Gasteiger partial charge in [-0.2, -0.15) is 5.10 Å². The molecule has 0 aromatic carbocycles. The maximum atomic E-state index is 11.2. The lowest BCUT2D eigenvalue weighted by Gasteiger charge is -2.20. The Kier molecular flexibility index (Phi) is 3.25. The first-order chi connectivity index (χ1) is 8.41. The lowest BCUT2D eigenvalue weighted by molar-refractivity contribution is -0.384.